The van der Waals surface area contributed by atoms with E-state index in [9.17, 15) is 5.11 Å². The molecule has 2 rings (SSSR count). The van der Waals surface area contributed by atoms with Crippen LogP contribution in [0, 0.1) is 5.92 Å². The van der Waals surface area contributed by atoms with Gasteiger partial charge in [0.05, 0.1) is 18.8 Å². The quantitative estimate of drug-likeness (QED) is 0.543. The molecule has 0 aromatic heterocycles. The highest BCUT2D eigenvalue weighted by atomic mass is 16.5. The van der Waals surface area contributed by atoms with Gasteiger partial charge in [-0.2, -0.15) is 0 Å². The molecule has 0 amide bonds. The van der Waals surface area contributed by atoms with Crippen molar-refractivity contribution in [1.82, 2.24) is 5.32 Å². The molecule has 26 heavy (non-hydrogen) atoms. The van der Waals surface area contributed by atoms with Crippen molar-refractivity contribution in [2.75, 3.05) is 19.7 Å². The fourth-order valence-corrected chi connectivity index (χ4v) is 2.71. The zero-order valence-electron chi connectivity index (χ0n) is 15.4. The van der Waals surface area contributed by atoms with Gasteiger partial charge in [0, 0.05) is 6.54 Å². The molecule has 1 aromatic rings. The molecule has 146 valence electrons. The largest absolute Gasteiger partial charge is 0.473 e. The maximum atomic E-state index is 9.95. The summed E-state index contributed by atoms with van der Waals surface area (Å²) in [6.45, 7) is 6.27. The van der Waals surface area contributed by atoms with E-state index in [2.05, 4.69) is 43.4 Å². The average molecular weight is 367 g/mol. The molecule has 7 heteroatoms. The molecular weight excluding hydrogens is 338 g/mol. The van der Waals surface area contributed by atoms with Gasteiger partial charge in [-0.25, -0.2) is 9.59 Å². The molecule has 2 atom stereocenters. The van der Waals surface area contributed by atoms with E-state index in [1.165, 1.54) is 17.5 Å². The monoisotopic (exact) mass is 367 g/mol. The number of aliphatic hydroxyl groups excluding tert-OH is 1. The maximum absolute atomic E-state index is 9.95. The van der Waals surface area contributed by atoms with E-state index in [1.54, 1.807) is 0 Å². The van der Waals surface area contributed by atoms with Crippen molar-refractivity contribution in [2.45, 2.75) is 45.3 Å². The molecule has 1 aromatic carbocycles. The van der Waals surface area contributed by atoms with Gasteiger partial charge in [0.1, 0.15) is 0 Å². The highest BCUT2D eigenvalue weighted by molar-refractivity contribution is 6.27. The lowest BCUT2D eigenvalue weighted by molar-refractivity contribution is -0.159. The summed E-state index contributed by atoms with van der Waals surface area (Å²) in [5.74, 6) is -3.04. The van der Waals surface area contributed by atoms with Gasteiger partial charge in [0.25, 0.3) is 0 Å². The van der Waals surface area contributed by atoms with Crippen molar-refractivity contribution >= 4 is 11.9 Å². The molecule has 0 saturated heterocycles. The Kier molecular flexibility index (Phi) is 9.87. The summed E-state index contributed by atoms with van der Waals surface area (Å²) in [7, 11) is 0. The lowest BCUT2D eigenvalue weighted by Crippen LogP contribution is -2.33. The molecule has 0 radical (unpaired) electrons. The summed E-state index contributed by atoms with van der Waals surface area (Å²) in [4.78, 5) is 18.2. The fraction of sp³-hybridized carbons (Fsp3) is 0.579. The lowest BCUT2D eigenvalue weighted by atomic mass is 9.89. The fourth-order valence-electron chi connectivity index (χ4n) is 2.71. The highest BCUT2D eigenvalue weighted by Gasteiger charge is 2.21. The number of carboxylic acids is 2. The van der Waals surface area contributed by atoms with Crippen LogP contribution < -0.4 is 5.32 Å². The number of hydrogen-bond donors (Lipinski definition) is 4. The van der Waals surface area contributed by atoms with Crippen LogP contribution in [0.15, 0.2) is 24.3 Å². The Morgan fingerprint density at radius 3 is 2.46 bits per heavy atom. The van der Waals surface area contributed by atoms with Crippen LogP contribution >= 0.6 is 0 Å². The topological polar surface area (TPSA) is 116 Å². The van der Waals surface area contributed by atoms with Crippen LogP contribution in [0.5, 0.6) is 0 Å². The molecular formula is C19H29NO6. The van der Waals surface area contributed by atoms with Crippen molar-refractivity contribution in [2.24, 2.45) is 5.92 Å². The zero-order chi connectivity index (χ0) is 19.5. The number of carbonyl (C=O) groups is 2. The first-order valence-corrected chi connectivity index (χ1v) is 8.85. The van der Waals surface area contributed by atoms with E-state index in [0.29, 0.717) is 19.1 Å². The Morgan fingerprint density at radius 2 is 1.85 bits per heavy atom. The Balaban J connectivity index is 0.000000487. The second kappa shape index (κ2) is 11.6. The molecule has 2 unspecified atom stereocenters. The third kappa shape index (κ3) is 8.42. The number of aliphatic hydroxyl groups is 1. The zero-order valence-corrected chi connectivity index (χ0v) is 15.4. The number of nitrogens with one attached hydrogen (secondary N) is 1. The molecule has 0 saturated carbocycles. The summed E-state index contributed by atoms with van der Waals surface area (Å²) in [5, 5.41) is 28.0. The van der Waals surface area contributed by atoms with Crippen LogP contribution in [0.4, 0.5) is 0 Å². The number of hydrogen-bond acceptors (Lipinski definition) is 5. The minimum absolute atomic E-state index is 0.152. The molecule has 0 aliphatic heterocycles. The van der Waals surface area contributed by atoms with E-state index in [-0.39, 0.29) is 6.10 Å². The number of fused-ring (bicyclic) bond motifs is 1. The van der Waals surface area contributed by atoms with E-state index >= 15 is 0 Å². The third-order valence-corrected chi connectivity index (χ3v) is 3.92. The van der Waals surface area contributed by atoms with Crippen LogP contribution in [-0.2, 0) is 20.7 Å². The lowest BCUT2D eigenvalue weighted by Gasteiger charge is -2.26. The summed E-state index contributed by atoms with van der Waals surface area (Å²) < 4.78 is 5.94. The number of rotatable bonds is 7. The molecule has 0 bridgehead atoms. The van der Waals surface area contributed by atoms with E-state index in [0.717, 1.165) is 19.4 Å². The summed E-state index contributed by atoms with van der Waals surface area (Å²) in [5.41, 5.74) is 2.71. The molecule has 0 spiro atoms. The SMILES string of the molecule is CC(C)CNCC(O)COC1CCCc2ccccc21.O=C(O)C(=O)O. The Hall–Kier alpha value is -1.96. The van der Waals surface area contributed by atoms with Gasteiger partial charge in [-0.15, -0.1) is 0 Å². The van der Waals surface area contributed by atoms with Crippen molar-refractivity contribution in [1.29, 1.82) is 0 Å². The number of aryl methyl sites for hydroxylation is 1. The standard InChI is InChI=1S/C17H27NO2.C2H2O4/c1-13(2)10-18-11-15(19)12-20-17-9-5-7-14-6-3-4-8-16(14)17;3-1(4)2(5)6/h3-4,6,8,13,15,17-19H,5,7,9-12H2,1-2H3;(H,3,4)(H,5,6). The minimum Gasteiger partial charge on any atom is -0.473 e. The Morgan fingerprint density at radius 1 is 1.19 bits per heavy atom. The van der Waals surface area contributed by atoms with Crippen LogP contribution in [0.3, 0.4) is 0 Å². The van der Waals surface area contributed by atoms with Crippen molar-refractivity contribution in [3.63, 3.8) is 0 Å². The smallest absolute Gasteiger partial charge is 0.414 e. The maximum Gasteiger partial charge on any atom is 0.414 e. The van der Waals surface area contributed by atoms with Crippen LogP contribution in [-0.4, -0.2) is 53.1 Å². The first kappa shape index (κ1) is 22.1. The van der Waals surface area contributed by atoms with Gasteiger partial charge in [0.15, 0.2) is 0 Å². The normalized spacial score (nSPS) is 17.0. The van der Waals surface area contributed by atoms with Crippen molar-refractivity contribution in [3.8, 4) is 0 Å². The average Bonchev–Trinajstić information content (AvgIpc) is 2.60. The molecule has 4 N–H and O–H groups in total. The molecule has 1 aliphatic rings. The number of ether oxygens (including phenoxy) is 1. The van der Waals surface area contributed by atoms with E-state index in [4.69, 9.17) is 24.5 Å². The Bertz CT molecular complexity index is 563. The van der Waals surface area contributed by atoms with Gasteiger partial charge in [-0.05, 0) is 42.9 Å². The van der Waals surface area contributed by atoms with Gasteiger partial charge >= 0.3 is 11.9 Å². The Labute approximate surface area is 154 Å². The van der Waals surface area contributed by atoms with Crippen molar-refractivity contribution < 1.29 is 29.6 Å². The molecule has 7 nitrogen and oxygen atoms in total. The molecule has 1 aliphatic carbocycles. The predicted octanol–water partition coefficient (Wildman–Crippen LogP) is 1.84. The van der Waals surface area contributed by atoms with Gasteiger partial charge in [0.2, 0.25) is 0 Å². The molecule has 0 fully saturated rings. The second-order valence-electron chi connectivity index (χ2n) is 6.73. The first-order chi connectivity index (χ1) is 12.3. The summed E-state index contributed by atoms with van der Waals surface area (Å²) in [6, 6.07) is 8.50. The number of benzene rings is 1. The first-order valence-electron chi connectivity index (χ1n) is 8.85. The summed E-state index contributed by atoms with van der Waals surface area (Å²) in [6.07, 6.45) is 3.10. The third-order valence-electron chi connectivity index (χ3n) is 3.92. The predicted molar refractivity (Wildman–Crippen MR) is 97.1 cm³/mol. The minimum atomic E-state index is -1.82. The van der Waals surface area contributed by atoms with Gasteiger partial charge in [-0.1, -0.05) is 38.1 Å². The van der Waals surface area contributed by atoms with Crippen LogP contribution in [0.2, 0.25) is 0 Å². The van der Waals surface area contributed by atoms with Gasteiger partial charge < -0.3 is 25.4 Å². The van der Waals surface area contributed by atoms with Crippen molar-refractivity contribution in [3.05, 3.63) is 35.4 Å². The van der Waals surface area contributed by atoms with Gasteiger partial charge in [-0.3, -0.25) is 0 Å². The van der Waals surface area contributed by atoms with E-state index in [1.807, 2.05) is 0 Å². The summed E-state index contributed by atoms with van der Waals surface area (Å²) >= 11 is 0. The second-order valence-corrected chi connectivity index (χ2v) is 6.73. The highest BCUT2D eigenvalue weighted by Crippen LogP contribution is 2.32. The number of aliphatic carboxylic acids is 2. The van der Waals surface area contributed by atoms with E-state index < -0.39 is 18.0 Å². The molecule has 0 heterocycles. The van der Waals surface area contributed by atoms with Crippen LogP contribution in [0.1, 0.15) is 43.9 Å². The number of carboxylic acid groups (broad SMARTS) is 2. The van der Waals surface area contributed by atoms with Crippen LogP contribution in [0.25, 0.3) is 0 Å².